The molecule has 1 aliphatic carbocycles. The quantitative estimate of drug-likeness (QED) is 0.618. The zero-order valence-electron chi connectivity index (χ0n) is 19.7. The molecule has 0 spiro atoms. The molecule has 6 heteroatoms. The van der Waals surface area contributed by atoms with Crippen LogP contribution in [0.5, 0.6) is 11.5 Å². The van der Waals surface area contributed by atoms with Crippen LogP contribution in [0.15, 0.2) is 58.7 Å². The standard InChI is InChI=1S/C27H29NO5/c1-15-7-6-8-18(11-15)25-24(27(30)33-5)16(2)28-20-12-19(13-21(29)26(20)25)17-9-10-22(31-3)23(14-17)32-4/h6-11,14,19,25-26H,12-13H2,1-5H3/t19-,25-,26?/m0/s1. The summed E-state index contributed by atoms with van der Waals surface area (Å²) in [5.74, 6) is 0.0496. The van der Waals surface area contributed by atoms with E-state index >= 15 is 0 Å². The number of ether oxygens (including phenoxy) is 3. The molecule has 0 saturated heterocycles. The van der Waals surface area contributed by atoms with Gasteiger partial charge in [0.05, 0.1) is 32.8 Å². The Kier molecular flexibility index (Phi) is 6.36. The number of fused-ring (bicyclic) bond motifs is 1. The number of esters is 1. The van der Waals surface area contributed by atoms with Crippen molar-refractivity contribution in [3.63, 3.8) is 0 Å². The van der Waals surface area contributed by atoms with Gasteiger partial charge in [-0.3, -0.25) is 9.79 Å². The predicted molar refractivity (Wildman–Crippen MR) is 126 cm³/mol. The van der Waals surface area contributed by atoms with Gasteiger partial charge in [-0.15, -0.1) is 0 Å². The third kappa shape index (κ3) is 4.17. The highest BCUT2D eigenvalue weighted by Gasteiger charge is 2.46. The third-order valence-electron chi connectivity index (χ3n) is 6.64. The highest BCUT2D eigenvalue weighted by Crippen LogP contribution is 2.46. The molecule has 4 rings (SSSR count). The minimum absolute atomic E-state index is 0.0158. The number of methoxy groups -OCH3 is 3. The van der Waals surface area contributed by atoms with Crippen LogP contribution >= 0.6 is 0 Å². The number of ketones is 1. The first-order valence-corrected chi connectivity index (χ1v) is 11.1. The van der Waals surface area contributed by atoms with Crippen LogP contribution in [0.4, 0.5) is 0 Å². The van der Waals surface area contributed by atoms with E-state index in [-0.39, 0.29) is 11.7 Å². The van der Waals surface area contributed by atoms with Gasteiger partial charge in [-0.05, 0) is 49.4 Å². The number of allylic oxidation sites excluding steroid dienone is 1. The molecule has 1 heterocycles. The molecule has 33 heavy (non-hydrogen) atoms. The molecule has 1 fully saturated rings. The Balaban J connectivity index is 1.77. The second kappa shape index (κ2) is 9.22. The van der Waals surface area contributed by atoms with Crippen LogP contribution in [-0.4, -0.2) is 38.8 Å². The average Bonchev–Trinajstić information content (AvgIpc) is 2.82. The molecular weight excluding hydrogens is 418 g/mol. The molecule has 6 nitrogen and oxygen atoms in total. The number of hydrogen-bond donors (Lipinski definition) is 0. The van der Waals surface area contributed by atoms with Crippen LogP contribution in [-0.2, 0) is 14.3 Å². The topological polar surface area (TPSA) is 74.2 Å². The van der Waals surface area contributed by atoms with Crippen molar-refractivity contribution in [3.8, 4) is 11.5 Å². The minimum atomic E-state index is -0.471. The van der Waals surface area contributed by atoms with Crippen molar-refractivity contribution in [2.24, 2.45) is 10.9 Å². The Hall–Kier alpha value is -3.41. The maximum absolute atomic E-state index is 13.6. The zero-order chi connectivity index (χ0) is 23.7. The molecule has 0 bridgehead atoms. The Labute approximate surface area is 194 Å². The van der Waals surface area contributed by atoms with E-state index in [1.54, 1.807) is 14.2 Å². The summed E-state index contributed by atoms with van der Waals surface area (Å²) in [6, 6.07) is 13.8. The van der Waals surface area contributed by atoms with Crippen LogP contribution in [0.1, 0.15) is 48.3 Å². The van der Waals surface area contributed by atoms with Crippen LogP contribution < -0.4 is 9.47 Å². The van der Waals surface area contributed by atoms with E-state index in [1.807, 2.05) is 56.3 Å². The van der Waals surface area contributed by atoms with E-state index in [9.17, 15) is 9.59 Å². The van der Waals surface area contributed by atoms with Gasteiger partial charge in [0.2, 0.25) is 0 Å². The maximum atomic E-state index is 13.6. The van der Waals surface area contributed by atoms with Crippen molar-refractivity contribution < 1.29 is 23.8 Å². The number of carbonyl (C=O) groups excluding carboxylic acids is 2. The van der Waals surface area contributed by atoms with E-state index in [4.69, 9.17) is 19.2 Å². The molecule has 0 N–H and O–H groups in total. The number of hydrogen-bond acceptors (Lipinski definition) is 6. The van der Waals surface area contributed by atoms with Crippen molar-refractivity contribution in [3.05, 3.63) is 70.4 Å². The zero-order valence-corrected chi connectivity index (χ0v) is 19.7. The van der Waals surface area contributed by atoms with Crippen LogP contribution in [0, 0.1) is 12.8 Å². The highest BCUT2D eigenvalue weighted by molar-refractivity contribution is 6.12. The van der Waals surface area contributed by atoms with E-state index in [1.165, 1.54) is 7.11 Å². The summed E-state index contributed by atoms with van der Waals surface area (Å²) >= 11 is 0. The maximum Gasteiger partial charge on any atom is 0.336 e. The number of rotatable bonds is 5. The molecule has 2 aromatic carbocycles. The molecule has 1 unspecified atom stereocenters. The van der Waals surface area contributed by atoms with Crippen molar-refractivity contribution >= 4 is 17.5 Å². The monoisotopic (exact) mass is 447 g/mol. The molecule has 172 valence electrons. The van der Waals surface area contributed by atoms with E-state index < -0.39 is 17.8 Å². The number of aryl methyl sites for hydroxylation is 1. The molecule has 1 aliphatic heterocycles. The lowest BCUT2D eigenvalue weighted by Gasteiger charge is -2.38. The van der Waals surface area contributed by atoms with Gasteiger partial charge in [0.15, 0.2) is 11.5 Å². The summed E-state index contributed by atoms with van der Waals surface area (Å²) < 4.78 is 15.9. The van der Waals surface area contributed by atoms with Crippen molar-refractivity contribution in [1.29, 1.82) is 0 Å². The van der Waals surface area contributed by atoms with Gasteiger partial charge in [0, 0.05) is 23.7 Å². The molecular formula is C27H29NO5. The van der Waals surface area contributed by atoms with Gasteiger partial charge < -0.3 is 14.2 Å². The smallest absolute Gasteiger partial charge is 0.336 e. The second-order valence-corrected chi connectivity index (χ2v) is 8.65. The Morgan fingerprint density at radius 2 is 1.67 bits per heavy atom. The lowest BCUT2D eigenvalue weighted by atomic mass is 9.66. The van der Waals surface area contributed by atoms with Gasteiger partial charge in [0.25, 0.3) is 0 Å². The summed E-state index contributed by atoms with van der Waals surface area (Å²) in [5, 5.41) is 0. The molecule has 1 saturated carbocycles. The van der Waals surface area contributed by atoms with Gasteiger partial charge in [0.1, 0.15) is 5.78 Å². The van der Waals surface area contributed by atoms with Gasteiger partial charge in [-0.25, -0.2) is 4.79 Å². The lowest BCUT2D eigenvalue weighted by molar-refractivity contribution is -0.136. The molecule has 2 aliphatic rings. The number of Topliss-reactive ketones (excluding diaryl/α,β-unsaturated/α-hetero) is 1. The number of benzene rings is 2. The fourth-order valence-electron chi connectivity index (χ4n) is 5.12. The van der Waals surface area contributed by atoms with Gasteiger partial charge in [-0.1, -0.05) is 35.9 Å². The summed E-state index contributed by atoms with van der Waals surface area (Å²) in [4.78, 5) is 31.1. The fraction of sp³-hybridized carbons (Fsp3) is 0.370. The highest BCUT2D eigenvalue weighted by atomic mass is 16.5. The largest absolute Gasteiger partial charge is 0.493 e. The Morgan fingerprint density at radius 3 is 2.33 bits per heavy atom. The van der Waals surface area contributed by atoms with E-state index in [0.29, 0.717) is 35.6 Å². The minimum Gasteiger partial charge on any atom is -0.493 e. The Bertz CT molecular complexity index is 1160. The van der Waals surface area contributed by atoms with E-state index in [2.05, 4.69) is 0 Å². The average molecular weight is 448 g/mol. The number of nitrogens with zero attached hydrogens (tertiary/aromatic N) is 1. The first-order valence-electron chi connectivity index (χ1n) is 11.1. The summed E-state index contributed by atoms with van der Waals surface area (Å²) in [6.07, 6.45) is 1.01. The van der Waals surface area contributed by atoms with Crippen molar-refractivity contribution in [2.75, 3.05) is 21.3 Å². The first-order chi connectivity index (χ1) is 15.9. The first kappa shape index (κ1) is 22.8. The summed E-state index contributed by atoms with van der Waals surface area (Å²) in [7, 11) is 4.57. The summed E-state index contributed by atoms with van der Waals surface area (Å²) in [5.41, 5.74) is 4.92. The SMILES string of the molecule is COC(=O)C1=C(C)N=C2C[C@H](c3ccc(OC)c(OC)c3)CC(=O)C2[C@H]1c1cccc(C)c1. The third-order valence-corrected chi connectivity index (χ3v) is 6.64. The lowest BCUT2D eigenvalue weighted by Crippen LogP contribution is -2.41. The van der Waals surface area contributed by atoms with Crippen LogP contribution in [0.3, 0.4) is 0 Å². The van der Waals surface area contributed by atoms with E-state index in [0.717, 1.165) is 22.4 Å². The van der Waals surface area contributed by atoms with Gasteiger partial charge in [-0.2, -0.15) is 0 Å². The predicted octanol–water partition coefficient (Wildman–Crippen LogP) is 4.76. The van der Waals surface area contributed by atoms with Gasteiger partial charge >= 0.3 is 5.97 Å². The number of carbonyl (C=O) groups is 2. The van der Waals surface area contributed by atoms with Crippen molar-refractivity contribution in [2.45, 2.75) is 38.5 Å². The Morgan fingerprint density at radius 1 is 0.909 bits per heavy atom. The molecule has 0 amide bonds. The van der Waals surface area contributed by atoms with Crippen LogP contribution in [0.2, 0.25) is 0 Å². The summed E-state index contributed by atoms with van der Waals surface area (Å²) in [6.45, 7) is 3.83. The molecule has 0 aromatic heterocycles. The van der Waals surface area contributed by atoms with Crippen molar-refractivity contribution in [1.82, 2.24) is 0 Å². The molecule has 0 radical (unpaired) electrons. The molecule has 2 aromatic rings. The van der Waals surface area contributed by atoms with Crippen LogP contribution in [0.25, 0.3) is 0 Å². The molecule has 3 atom stereocenters. The second-order valence-electron chi connectivity index (χ2n) is 8.65. The fourth-order valence-corrected chi connectivity index (χ4v) is 5.12. The normalized spacial score (nSPS) is 22.4. The number of aliphatic imine (C=N–C) groups is 1.